The zero-order valence-electron chi connectivity index (χ0n) is 14.3. The Kier molecular flexibility index (Phi) is 4.14. The number of ether oxygens (including phenoxy) is 1. The third kappa shape index (κ3) is 2.83. The summed E-state index contributed by atoms with van der Waals surface area (Å²) in [5.41, 5.74) is 5.83. The first kappa shape index (κ1) is 16.6. The molecule has 2 aromatic heterocycles. The summed E-state index contributed by atoms with van der Waals surface area (Å²) in [6, 6.07) is 11.3. The number of nitrogens with zero attached hydrogens (tertiary/aromatic N) is 2. The fraction of sp³-hybridized carbons (Fsp3) is 0.158. The van der Waals surface area contributed by atoms with E-state index in [9.17, 15) is 5.11 Å². The van der Waals surface area contributed by atoms with Crippen LogP contribution >= 0.6 is 11.6 Å². The second-order valence-corrected chi connectivity index (χ2v) is 6.47. The molecule has 4 aromatic rings. The number of imidazole rings is 1. The highest BCUT2D eigenvalue weighted by Gasteiger charge is 2.14. The first-order chi connectivity index (χ1) is 12.6. The Hall–Kier alpha value is -2.83. The molecule has 0 aliphatic rings. The van der Waals surface area contributed by atoms with Gasteiger partial charge in [-0.2, -0.15) is 5.10 Å². The molecule has 0 aliphatic heterocycles. The summed E-state index contributed by atoms with van der Waals surface area (Å²) < 4.78 is 5.43. The Morgan fingerprint density at radius 3 is 2.81 bits per heavy atom. The highest BCUT2D eigenvalue weighted by molar-refractivity contribution is 6.32. The van der Waals surface area contributed by atoms with Crippen molar-refractivity contribution in [2.24, 2.45) is 0 Å². The van der Waals surface area contributed by atoms with E-state index in [-0.39, 0.29) is 6.61 Å². The molecule has 0 fully saturated rings. The lowest BCUT2D eigenvalue weighted by Gasteiger charge is -2.07. The number of aliphatic hydroxyl groups is 1. The molecule has 2 heterocycles. The third-order valence-electron chi connectivity index (χ3n) is 4.32. The van der Waals surface area contributed by atoms with Gasteiger partial charge in [-0.3, -0.25) is 5.10 Å². The number of hydrogen-bond donors (Lipinski definition) is 3. The average molecular weight is 369 g/mol. The van der Waals surface area contributed by atoms with Crippen LogP contribution in [0.1, 0.15) is 11.1 Å². The number of fused-ring (bicyclic) bond motifs is 1. The molecule has 0 amide bonds. The zero-order chi connectivity index (χ0) is 18.3. The van der Waals surface area contributed by atoms with Crippen LogP contribution in [-0.2, 0) is 6.61 Å². The van der Waals surface area contributed by atoms with Gasteiger partial charge in [0.25, 0.3) is 0 Å². The Bertz CT molecular complexity index is 1060. The largest absolute Gasteiger partial charge is 0.496 e. The molecule has 7 heteroatoms. The maximum absolute atomic E-state index is 9.28. The van der Waals surface area contributed by atoms with Crippen LogP contribution in [0, 0.1) is 6.92 Å². The summed E-state index contributed by atoms with van der Waals surface area (Å²) in [7, 11) is 1.60. The minimum atomic E-state index is -0.0383. The quantitative estimate of drug-likeness (QED) is 0.506. The van der Waals surface area contributed by atoms with Gasteiger partial charge in [-0.15, -0.1) is 0 Å². The SMILES string of the molecule is COc1cc(CO)ccc1-c1cc(-c2nc3cc(Cl)c(C)cc3[nH]2)[nH]n1. The molecule has 0 radical (unpaired) electrons. The van der Waals surface area contributed by atoms with E-state index in [0.29, 0.717) is 16.6 Å². The Morgan fingerprint density at radius 1 is 1.19 bits per heavy atom. The van der Waals surface area contributed by atoms with Gasteiger partial charge in [-0.25, -0.2) is 4.98 Å². The van der Waals surface area contributed by atoms with E-state index in [1.807, 2.05) is 37.3 Å². The predicted molar refractivity (Wildman–Crippen MR) is 101 cm³/mol. The maximum atomic E-state index is 9.28. The number of hydrogen-bond acceptors (Lipinski definition) is 4. The van der Waals surface area contributed by atoms with Crippen molar-refractivity contribution in [1.82, 2.24) is 20.2 Å². The smallest absolute Gasteiger partial charge is 0.156 e. The Labute approximate surface area is 154 Å². The van der Waals surface area contributed by atoms with Crippen molar-refractivity contribution >= 4 is 22.6 Å². The van der Waals surface area contributed by atoms with Crippen LogP contribution in [-0.4, -0.2) is 32.4 Å². The van der Waals surface area contributed by atoms with Gasteiger partial charge in [-0.05, 0) is 48.4 Å². The van der Waals surface area contributed by atoms with E-state index in [1.54, 1.807) is 13.2 Å². The molecule has 2 aromatic carbocycles. The van der Waals surface area contributed by atoms with Gasteiger partial charge < -0.3 is 14.8 Å². The highest BCUT2D eigenvalue weighted by Crippen LogP contribution is 2.32. The number of aryl methyl sites for hydroxylation is 1. The van der Waals surface area contributed by atoms with Crippen LogP contribution in [0.3, 0.4) is 0 Å². The molecule has 0 unspecified atom stereocenters. The monoisotopic (exact) mass is 368 g/mol. The summed E-state index contributed by atoms with van der Waals surface area (Å²) in [4.78, 5) is 7.87. The highest BCUT2D eigenvalue weighted by atomic mass is 35.5. The molecule has 0 bridgehead atoms. The van der Waals surface area contributed by atoms with Crippen molar-refractivity contribution in [3.63, 3.8) is 0 Å². The van der Waals surface area contributed by atoms with Gasteiger partial charge in [0.2, 0.25) is 0 Å². The number of aromatic amines is 2. The number of halogens is 1. The molecule has 0 saturated heterocycles. The molecular formula is C19H17ClN4O2. The summed E-state index contributed by atoms with van der Waals surface area (Å²) in [6.07, 6.45) is 0. The second-order valence-electron chi connectivity index (χ2n) is 6.06. The summed E-state index contributed by atoms with van der Waals surface area (Å²) in [5.74, 6) is 1.34. The van der Waals surface area contributed by atoms with Crippen LogP contribution in [0.15, 0.2) is 36.4 Å². The standard InChI is InChI=1S/C19H17ClN4O2/c1-10-5-15-16(7-13(10)20)22-19(21-15)17-8-14(23-24-17)12-4-3-11(9-25)6-18(12)26-2/h3-8,25H,9H2,1-2H3,(H,21,22)(H,23,24). The molecule has 0 atom stereocenters. The average Bonchev–Trinajstić information content (AvgIpc) is 3.28. The van der Waals surface area contributed by atoms with Gasteiger partial charge in [-0.1, -0.05) is 17.7 Å². The molecule has 4 rings (SSSR count). The maximum Gasteiger partial charge on any atom is 0.156 e. The summed E-state index contributed by atoms with van der Waals surface area (Å²) >= 11 is 6.18. The lowest BCUT2D eigenvalue weighted by Crippen LogP contribution is -1.91. The number of benzene rings is 2. The molecule has 26 heavy (non-hydrogen) atoms. The molecule has 0 saturated carbocycles. The van der Waals surface area contributed by atoms with Crippen molar-refractivity contribution in [2.75, 3.05) is 7.11 Å². The van der Waals surface area contributed by atoms with Crippen molar-refractivity contribution < 1.29 is 9.84 Å². The van der Waals surface area contributed by atoms with Crippen LogP contribution in [0.2, 0.25) is 5.02 Å². The fourth-order valence-electron chi connectivity index (χ4n) is 2.89. The van der Waals surface area contributed by atoms with E-state index in [4.69, 9.17) is 16.3 Å². The van der Waals surface area contributed by atoms with Crippen LogP contribution in [0.25, 0.3) is 33.8 Å². The molecule has 6 nitrogen and oxygen atoms in total. The number of aliphatic hydroxyl groups excluding tert-OH is 1. The van der Waals surface area contributed by atoms with E-state index in [1.165, 1.54) is 0 Å². The van der Waals surface area contributed by atoms with Crippen LogP contribution < -0.4 is 4.74 Å². The lowest BCUT2D eigenvalue weighted by molar-refractivity contribution is 0.281. The third-order valence-corrected chi connectivity index (χ3v) is 4.73. The number of rotatable bonds is 4. The van der Waals surface area contributed by atoms with Gasteiger partial charge >= 0.3 is 0 Å². The van der Waals surface area contributed by atoms with Crippen LogP contribution in [0.4, 0.5) is 0 Å². The van der Waals surface area contributed by atoms with Gasteiger partial charge in [0.05, 0.1) is 30.4 Å². The van der Waals surface area contributed by atoms with Crippen LogP contribution in [0.5, 0.6) is 5.75 Å². The normalized spacial score (nSPS) is 11.2. The first-order valence-electron chi connectivity index (χ1n) is 8.09. The van der Waals surface area contributed by atoms with Crippen molar-refractivity contribution in [3.8, 4) is 28.5 Å². The molecule has 0 aliphatic carbocycles. The molecule has 0 spiro atoms. The molecule has 132 valence electrons. The predicted octanol–water partition coefficient (Wildman–Crippen LogP) is 4.08. The van der Waals surface area contributed by atoms with Gasteiger partial charge in [0, 0.05) is 10.6 Å². The number of aromatic nitrogens is 4. The molecule has 3 N–H and O–H groups in total. The zero-order valence-corrected chi connectivity index (χ0v) is 15.1. The number of methoxy groups -OCH3 is 1. The lowest BCUT2D eigenvalue weighted by atomic mass is 10.1. The number of nitrogens with one attached hydrogen (secondary N) is 2. The van der Waals surface area contributed by atoms with Crippen molar-refractivity contribution in [1.29, 1.82) is 0 Å². The van der Waals surface area contributed by atoms with E-state index < -0.39 is 0 Å². The Balaban J connectivity index is 1.75. The van der Waals surface area contributed by atoms with E-state index >= 15 is 0 Å². The van der Waals surface area contributed by atoms with E-state index in [0.717, 1.165) is 39.1 Å². The van der Waals surface area contributed by atoms with Crippen molar-refractivity contribution in [2.45, 2.75) is 13.5 Å². The van der Waals surface area contributed by atoms with Gasteiger partial charge in [0.15, 0.2) is 5.82 Å². The fourth-order valence-corrected chi connectivity index (χ4v) is 3.05. The summed E-state index contributed by atoms with van der Waals surface area (Å²) in [5, 5.41) is 17.4. The Morgan fingerprint density at radius 2 is 2.04 bits per heavy atom. The molecular weight excluding hydrogens is 352 g/mol. The van der Waals surface area contributed by atoms with Crippen molar-refractivity contribution in [3.05, 3.63) is 52.5 Å². The second kappa shape index (κ2) is 6.48. The minimum Gasteiger partial charge on any atom is -0.496 e. The topological polar surface area (TPSA) is 86.8 Å². The van der Waals surface area contributed by atoms with E-state index in [2.05, 4.69) is 20.2 Å². The van der Waals surface area contributed by atoms with Gasteiger partial charge in [0.1, 0.15) is 11.4 Å². The minimum absolute atomic E-state index is 0.0383. The first-order valence-corrected chi connectivity index (χ1v) is 8.46. The number of H-pyrrole nitrogens is 2. The summed E-state index contributed by atoms with van der Waals surface area (Å²) in [6.45, 7) is 1.92.